The monoisotopic (exact) mass is 286 g/mol. The normalized spacial score (nSPS) is 13.0. The summed E-state index contributed by atoms with van der Waals surface area (Å²) in [5.74, 6) is 0.855. The lowest BCUT2D eigenvalue weighted by atomic mass is 10.0. The zero-order valence-electron chi connectivity index (χ0n) is 12.1. The van der Waals surface area contributed by atoms with E-state index >= 15 is 0 Å². The molecule has 3 heterocycles. The van der Waals surface area contributed by atoms with Crippen molar-refractivity contribution >= 4 is 22.9 Å². The van der Waals surface area contributed by atoms with Crippen molar-refractivity contribution in [1.82, 2.24) is 9.97 Å². The molecule has 0 saturated heterocycles. The number of benzene rings is 1. The van der Waals surface area contributed by atoms with Gasteiger partial charge in [-0.1, -0.05) is 18.2 Å². The van der Waals surface area contributed by atoms with E-state index in [1.165, 1.54) is 0 Å². The maximum absolute atomic E-state index is 4.87. The smallest absolute Gasteiger partial charge is 0.158 e. The second-order valence-electron chi connectivity index (χ2n) is 5.12. The van der Waals surface area contributed by atoms with Gasteiger partial charge in [0.05, 0.1) is 11.4 Å². The second kappa shape index (κ2) is 5.07. The number of para-hydroxylation sites is 1. The average molecular weight is 286 g/mol. The first-order valence-electron chi connectivity index (χ1n) is 7.12. The van der Waals surface area contributed by atoms with Gasteiger partial charge in [0.1, 0.15) is 5.69 Å². The standard InChI is InChI=1S/C18H14N4/c1-22-16-9-3-2-7-14(16)17(13-6-4-10-19-12-13)21-15-8-5-11-20-18(15)22/h2-12H,1H3. The molecule has 22 heavy (non-hydrogen) atoms. The summed E-state index contributed by atoms with van der Waals surface area (Å²) in [5.41, 5.74) is 4.95. The van der Waals surface area contributed by atoms with Crippen molar-refractivity contribution in [3.05, 3.63) is 78.2 Å². The third-order valence-electron chi connectivity index (χ3n) is 3.77. The van der Waals surface area contributed by atoms with Crippen molar-refractivity contribution in [1.29, 1.82) is 0 Å². The van der Waals surface area contributed by atoms with Crippen LogP contribution < -0.4 is 4.90 Å². The van der Waals surface area contributed by atoms with Gasteiger partial charge in [-0.25, -0.2) is 9.98 Å². The number of hydrogen-bond donors (Lipinski definition) is 0. The molecule has 0 unspecified atom stereocenters. The molecule has 0 saturated carbocycles. The summed E-state index contributed by atoms with van der Waals surface area (Å²) in [7, 11) is 2.02. The SMILES string of the molecule is CN1c2ccccc2C(c2cccnc2)=Nc2cccnc21. The van der Waals surface area contributed by atoms with E-state index in [1.807, 2.05) is 49.6 Å². The zero-order chi connectivity index (χ0) is 14.9. The maximum Gasteiger partial charge on any atom is 0.158 e. The Balaban J connectivity index is 2.04. The summed E-state index contributed by atoms with van der Waals surface area (Å²) in [6.07, 6.45) is 5.41. The fourth-order valence-corrected chi connectivity index (χ4v) is 2.72. The topological polar surface area (TPSA) is 41.4 Å². The molecular weight excluding hydrogens is 272 g/mol. The fourth-order valence-electron chi connectivity index (χ4n) is 2.72. The predicted octanol–water partition coefficient (Wildman–Crippen LogP) is 3.73. The van der Waals surface area contributed by atoms with Crippen LogP contribution in [-0.4, -0.2) is 22.7 Å². The van der Waals surface area contributed by atoms with Crippen LogP contribution in [0, 0.1) is 0 Å². The molecule has 2 aromatic heterocycles. The summed E-state index contributed by atoms with van der Waals surface area (Å²) < 4.78 is 0. The molecule has 0 bridgehead atoms. The van der Waals surface area contributed by atoms with Crippen LogP contribution in [0.2, 0.25) is 0 Å². The van der Waals surface area contributed by atoms with Crippen LogP contribution in [0.25, 0.3) is 0 Å². The van der Waals surface area contributed by atoms with E-state index in [4.69, 9.17) is 4.99 Å². The number of rotatable bonds is 1. The number of anilines is 2. The van der Waals surface area contributed by atoms with E-state index in [0.717, 1.165) is 34.0 Å². The first kappa shape index (κ1) is 12.7. The van der Waals surface area contributed by atoms with Gasteiger partial charge in [-0.15, -0.1) is 0 Å². The first-order valence-corrected chi connectivity index (χ1v) is 7.12. The third kappa shape index (κ3) is 1.97. The van der Waals surface area contributed by atoms with Gasteiger partial charge in [-0.2, -0.15) is 0 Å². The highest BCUT2D eigenvalue weighted by molar-refractivity contribution is 6.18. The summed E-state index contributed by atoms with van der Waals surface area (Å²) >= 11 is 0. The number of hydrogen-bond acceptors (Lipinski definition) is 4. The molecule has 0 aliphatic carbocycles. The minimum Gasteiger partial charge on any atom is -0.327 e. The van der Waals surface area contributed by atoms with Crippen LogP contribution >= 0.6 is 0 Å². The van der Waals surface area contributed by atoms with E-state index in [0.29, 0.717) is 0 Å². The summed E-state index contributed by atoms with van der Waals surface area (Å²) in [6, 6.07) is 16.1. The molecule has 3 aromatic rings. The van der Waals surface area contributed by atoms with E-state index in [2.05, 4.69) is 27.0 Å². The third-order valence-corrected chi connectivity index (χ3v) is 3.77. The van der Waals surface area contributed by atoms with Gasteiger partial charge < -0.3 is 4.90 Å². The van der Waals surface area contributed by atoms with E-state index in [1.54, 1.807) is 12.4 Å². The Bertz CT molecular complexity index is 856. The molecule has 0 fully saturated rings. The molecular formula is C18H14N4. The first-order chi connectivity index (χ1) is 10.8. The Morgan fingerprint density at radius 2 is 1.77 bits per heavy atom. The molecule has 0 atom stereocenters. The Kier molecular flexibility index (Phi) is 2.93. The molecule has 0 N–H and O–H groups in total. The van der Waals surface area contributed by atoms with Crippen LogP contribution in [-0.2, 0) is 0 Å². The van der Waals surface area contributed by atoms with E-state index < -0.39 is 0 Å². The highest BCUT2D eigenvalue weighted by Gasteiger charge is 2.21. The Hall–Kier alpha value is -3.01. The van der Waals surface area contributed by atoms with Crippen LogP contribution in [0.15, 0.2) is 72.1 Å². The Morgan fingerprint density at radius 3 is 2.64 bits per heavy atom. The van der Waals surface area contributed by atoms with Crippen LogP contribution in [0.5, 0.6) is 0 Å². The van der Waals surface area contributed by atoms with Gasteiger partial charge in [-0.3, -0.25) is 4.98 Å². The van der Waals surface area contributed by atoms with E-state index in [9.17, 15) is 0 Å². The van der Waals surface area contributed by atoms with Crippen molar-refractivity contribution in [3.8, 4) is 0 Å². The Morgan fingerprint density at radius 1 is 0.909 bits per heavy atom. The highest BCUT2D eigenvalue weighted by atomic mass is 15.2. The minimum atomic E-state index is 0.855. The summed E-state index contributed by atoms with van der Waals surface area (Å²) in [6.45, 7) is 0. The molecule has 4 heteroatoms. The van der Waals surface area contributed by atoms with Crippen LogP contribution in [0.3, 0.4) is 0 Å². The molecule has 1 aliphatic heterocycles. The number of aliphatic imine (C=N–C) groups is 1. The van der Waals surface area contributed by atoms with E-state index in [-0.39, 0.29) is 0 Å². The van der Waals surface area contributed by atoms with Crippen LogP contribution in [0.1, 0.15) is 11.1 Å². The lowest BCUT2D eigenvalue weighted by molar-refractivity contribution is 1.13. The molecule has 0 spiro atoms. The Labute approximate surface area is 128 Å². The van der Waals surface area contributed by atoms with Gasteiger partial charge >= 0.3 is 0 Å². The van der Waals surface area contributed by atoms with Gasteiger partial charge in [0, 0.05) is 36.8 Å². The fraction of sp³-hybridized carbons (Fsp3) is 0.0556. The summed E-state index contributed by atoms with van der Waals surface area (Å²) in [5, 5.41) is 0. The molecule has 1 aliphatic rings. The molecule has 4 rings (SSSR count). The number of aromatic nitrogens is 2. The van der Waals surface area contributed by atoms with Crippen molar-refractivity contribution < 1.29 is 0 Å². The highest BCUT2D eigenvalue weighted by Crippen LogP contribution is 2.37. The van der Waals surface area contributed by atoms with Crippen molar-refractivity contribution in [2.75, 3.05) is 11.9 Å². The van der Waals surface area contributed by atoms with Crippen LogP contribution in [0.4, 0.5) is 17.2 Å². The molecule has 106 valence electrons. The number of pyridine rings is 2. The second-order valence-corrected chi connectivity index (χ2v) is 5.12. The molecule has 0 radical (unpaired) electrons. The van der Waals surface area contributed by atoms with Gasteiger partial charge in [0.2, 0.25) is 0 Å². The lowest BCUT2D eigenvalue weighted by Crippen LogP contribution is -2.13. The zero-order valence-corrected chi connectivity index (χ0v) is 12.1. The quantitative estimate of drug-likeness (QED) is 0.684. The number of nitrogens with zero attached hydrogens (tertiary/aromatic N) is 4. The molecule has 1 aromatic carbocycles. The van der Waals surface area contributed by atoms with Crippen molar-refractivity contribution in [3.63, 3.8) is 0 Å². The summed E-state index contributed by atoms with van der Waals surface area (Å²) in [4.78, 5) is 15.7. The molecule has 4 nitrogen and oxygen atoms in total. The maximum atomic E-state index is 4.87. The van der Waals surface area contributed by atoms with Crippen molar-refractivity contribution in [2.24, 2.45) is 4.99 Å². The molecule has 0 amide bonds. The van der Waals surface area contributed by atoms with Crippen molar-refractivity contribution in [2.45, 2.75) is 0 Å². The lowest BCUT2D eigenvalue weighted by Gasteiger charge is -2.20. The average Bonchev–Trinajstić information content (AvgIpc) is 2.72. The minimum absolute atomic E-state index is 0.855. The van der Waals surface area contributed by atoms with Gasteiger partial charge in [-0.05, 0) is 30.3 Å². The van der Waals surface area contributed by atoms with Gasteiger partial charge in [0.15, 0.2) is 5.82 Å². The number of fused-ring (bicyclic) bond motifs is 2. The largest absolute Gasteiger partial charge is 0.327 e. The predicted molar refractivity (Wildman–Crippen MR) is 88.3 cm³/mol. The van der Waals surface area contributed by atoms with Gasteiger partial charge in [0.25, 0.3) is 0 Å².